The van der Waals surface area contributed by atoms with Crippen LogP contribution in [0.5, 0.6) is 0 Å². The second kappa shape index (κ2) is 6.18. The fourth-order valence-electron chi connectivity index (χ4n) is 2.27. The Kier molecular flexibility index (Phi) is 3.92. The Morgan fingerprint density at radius 1 is 1.14 bits per heavy atom. The Bertz CT molecular complexity index is 828. The van der Waals surface area contributed by atoms with Crippen LogP contribution in [-0.2, 0) is 0 Å². The number of nitrogens with zero attached hydrogens (tertiary/aromatic N) is 2. The van der Waals surface area contributed by atoms with Crippen molar-refractivity contribution in [3.05, 3.63) is 72.9 Å². The van der Waals surface area contributed by atoms with E-state index in [1.807, 2.05) is 42.5 Å². The van der Waals surface area contributed by atoms with E-state index in [1.165, 1.54) is 0 Å². The van der Waals surface area contributed by atoms with Crippen molar-refractivity contribution in [1.29, 1.82) is 0 Å². The molecule has 0 aliphatic rings. The number of amides is 1. The zero-order valence-corrected chi connectivity index (χ0v) is 12.0. The Labute approximate surface area is 128 Å². The Morgan fingerprint density at radius 2 is 1.95 bits per heavy atom. The zero-order valence-electron chi connectivity index (χ0n) is 12.0. The molecule has 4 nitrogen and oxygen atoms in total. The zero-order chi connectivity index (χ0) is 15.4. The summed E-state index contributed by atoms with van der Waals surface area (Å²) in [4.78, 5) is 21.3. The fraction of sp³-hybridized carbons (Fsp3) is 0.0556. The van der Waals surface area contributed by atoms with Crippen LogP contribution in [0.4, 0.5) is 0 Å². The quantitative estimate of drug-likeness (QED) is 0.750. The van der Waals surface area contributed by atoms with E-state index in [9.17, 15) is 4.79 Å². The maximum atomic E-state index is 12.4. The highest BCUT2D eigenvalue weighted by Gasteiger charge is 2.13. The van der Waals surface area contributed by atoms with E-state index in [2.05, 4.69) is 21.9 Å². The van der Waals surface area contributed by atoms with Crippen LogP contribution in [0.2, 0.25) is 0 Å². The minimum atomic E-state index is -0.143. The van der Waals surface area contributed by atoms with E-state index >= 15 is 0 Å². The molecule has 0 saturated carbocycles. The van der Waals surface area contributed by atoms with Crippen molar-refractivity contribution in [2.24, 2.45) is 0 Å². The number of aromatic nitrogens is 2. The number of carbonyl (C=O) groups excluding carboxylic acids is 1. The summed E-state index contributed by atoms with van der Waals surface area (Å²) in [6.07, 6.45) is 3.37. The maximum Gasteiger partial charge on any atom is 0.252 e. The number of nitrogens with one attached hydrogen (secondary N) is 1. The molecule has 0 spiro atoms. The smallest absolute Gasteiger partial charge is 0.252 e. The van der Waals surface area contributed by atoms with E-state index in [-0.39, 0.29) is 5.91 Å². The van der Waals surface area contributed by atoms with Crippen molar-refractivity contribution in [1.82, 2.24) is 15.3 Å². The largest absolute Gasteiger partial charge is 0.349 e. The Balaban J connectivity index is 2.16. The monoisotopic (exact) mass is 289 g/mol. The van der Waals surface area contributed by atoms with Crippen LogP contribution < -0.4 is 5.32 Å². The molecule has 3 rings (SSSR count). The van der Waals surface area contributed by atoms with Crippen LogP contribution in [0.1, 0.15) is 10.4 Å². The van der Waals surface area contributed by atoms with Crippen LogP contribution >= 0.6 is 0 Å². The van der Waals surface area contributed by atoms with Crippen molar-refractivity contribution < 1.29 is 4.79 Å². The summed E-state index contributed by atoms with van der Waals surface area (Å²) in [7, 11) is 0. The molecule has 1 N–H and O–H groups in total. The van der Waals surface area contributed by atoms with E-state index in [0.717, 1.165) is 16.6 Å². The lowest BCUT2D eigenvalue weighted by Crippen LogP contribution is -2.23. The molecule has 22 heavy (non-hydrogen) atoms. The van der Waals surface area contributed by atoms with Crippen LogP contribution in [0.3, 0.4) is 0 Å². The number of pyridine rings is 2. The molecule has 2 aromatic heterocycles. The van der Waals surface area contributed by atoms with Gasteiger partial charge < -0.3 is 5.32 Å². The van der Waals surface area contributed by atoms with Crippen molar-refractivity contribution in [2.45, 2.75) is 0 Å². The molecule has 4 heteroatoms. The highest BCUT2D eigenvalue weighted by atomic mass is 16.1. The van der Waals surface area contributed by atoms with Gasteiger partial charge in [0.1, 0.15) is 0 Å². The van der Waals surface area contributed by atoms with Gasteiger partial charge >= 0.3 is 0 Å². The van der Waals surface area contributed by atoms with Crippen LogP contribution in [0.15, 0.2) is 67.4 Å². The predicted octanol–water partition coefficient (Wildman–Crippen LogP) is 3.21. The number of hydrogen-bond acceptors (Lipinski definition) is 3. The molecule has 108 valence electrons. The van der Waals surface area contributed by atoms with Gasteiger partial charge in [-0.25, -0.2) is 4.98 Å². The van der Waals surface area contributed by atoms with Gasteiger partial charge in [0, 0.05) is 18.1 Å². The van der Waals surface area contributed by atoms with Gasteiger partial charge in [-0.05, 0) is 24.3 Å². The first kappa shape index (κ1) is 13.9. The van der Waals surface area contributed by atoms with Gasteiger partial charge in [-0.15, -0.1) is 6.58 Å². The number of carbonyl (C=O) groups is 1. The van der Waals surface area contributed by atoms with Gasteiger partial charge in [0.05, 0.1) is 22.5 Å². The molecule has 0 unspecified atom stereocenters. The molecule has 0 bridgehead atoms. The molecule has 0 atom stereocenters. The molecule has 0 aliphatic heterocycles. The summed E-state index contributed by atoms with van der Waals surface area (Å²) in [6.45, 7) is 4.04. The first-order valence-corrected chi connectivity index (χ1v) is 7.00. The summed E-state index contributed by atoms with van der Waals surface area (Å²) in [6, 6.07) is 15.0. The summed E-state index contributed by atoms with van der Waals surface area (Å²) >= 11 is 0. The molecule has 1 aromatic carbocycles. The number of rotatable bonds is 4. The molecule has 3 aromatic rings. The second-order valence-corrected chi connectivity index (χ2v) is 4.79. The third-order valence-corrected chi connectivity index (χ3v) is 3.30. The number of para-hydroxylation sites is 1. The SMILES string of the molecule is C=CCNC(=O)c1cc(-c2ccccn2)nc2ccccc12. The van der Waals surface area contributed by atoms with Gasteiger partial charge in [0.25, 0.3) is 5.91 Å². The molecule has 2 heterocycles. The maximum absolute atomic E-state index is 12.4. The van der Waals surface area contributed by atoms with E-state index in [0.29, 0.717) is 17.8 Å². The molecule has 0 fully saturated rings. The normalized spacial score (nSPS) is 10.4. The molecular formula is C18H15N3O. The third-order valence-electron chi connectivity index (χ3n) is 3.30. The molecule has 0 radical (unpaired) electrons. The van der Waals surface area contributed by atoms with E-state index < -0.39 is 0 Å². The van der Waals surface area contributed by atoms with Crippen molar-refractivity contribution in [3.63, 3.8) is 0 Å². The summed E-state index contributed by atoms with van der Waals surface area (Å²) < 4.78 is 0. The predicted molar refractivity (Wildman–Crippen MR) is 87.5 cm³/mol. The highest BCUT2D eigenvalue weighted by Crippen LogP contribution is 2.23. The number of fused-ring (bicyclic) bond motifs is 1. The lowest BCUT2D eigenvalue weighted by atomic mass is 10.1. The minimum Gasteiger partial charge on any atom is -0.349 e. The lowest BCUT2D eigenvalue weighted by Gasteiger charge is -2.09. The van der Waals surface area contributed by atoms with Crippen molar-refractivity contribution in [2.75, 3.05) is 6.54 Å². The average molecular weight is 289 g/mol. The summed E-state index contributed by atoms with van der Waals surface area (Å²) in [5.41, 5.74) is 2.79. The summed E-state index contributed by atoms with van der Waals surface area (Å²) in [5, 5.41) is 3.64. The first-order valence-electron chi connectivity index (χ1n) is 7.00. The van der Waals surface area contributed by atoms with Crippen LogP contribution in [-0.4, -0.2) is 22.4 Å². The Morgan fingerprint density at radius 3 is 2.73 bits per heavy atom. The standard InChI is InChI=1S/C18H15N3O/c1-2-10-20-18(22)14-12-17(16-9-5-6-11-19-16)21-15-8-4-3-7-13(14)15/h2-9,11-12H,1,10H2,(H,20,22). The minimum absolute atomic E-state index is 0.143. The number of benzene rings is 1. The molecule has 1 amide bonds. The van der Waals surface area contributed by atoms with E-state index in [1.54, 1.807) is 18.3 Å². The van der Waals surface area contributed by atoms with Gasteiger partial charge in [-0.1, -0.05) is 30.3 Å². The molecular weight excluding hydrogens is 274 g/mol. The first-order chi connectivity index (χ1) is 10.8. The lowest BCUT2D eigenvalue weighted by molar-refractivity contribution is 0.0959. The number of hydrogen-bond donors (Lipinski definition) is 1. The third kappa shape index (κ3) is 2.72. The highest BCUT2D eigenvalue weighted by molar-refractivity contribution is 6.07. The van der Waals surface area contributed by atoms with Crippen molar-refractivity contribution in [3.8, 4) is 11.4 Å². The second-order valence-electron chi connectivity index (χ2n) is 4.79. The van der Waals surface area contributed by atoms with Crippen LogP contribution in [0, 0.1) is 0 Å². The Hall–Kier alpha value is -3.01. The molecule has 0 saturated heterocycles. The van der Waals surface area contributed by atoms with Gasteiger partial charge in [0.2, 0.25) is 0 Å². The molecule has 0 aliphatic carbocycles. The average Bonchev–Trinajstić information content (AvgIpc) is 2.59. The van der Waals surface area contributed by atoms with Gasteiger partial charge in [0.15, 0.2) is 0 Å². The van der Waals surface area contributed by atoms with E-state index in [4.69, 9.17) is 0 Å². The van der Waals surface area contributed by atoms with Crippen molar-refractivity contribution >= 4 is 16.8 Å². The van der Waals surface area contributed by atoms with Crippen LogP contribution in [0.25, 0.3) is 22.3 Å². The van der Waals surface area contributed by atoms with Gasteiger partial charge in [-0.2, -0.15) is 0 Å². The topological polar surface area (TPSA) is 54.9 Å². The fourth-order valence-corrected chi connectivity index (χ4v) is 2.27. The summed E-state index contributed by atoms with van der Waals surface area (Å²) in [5.74, 6) is -0.143. The van der Waals surface area contributed by atoms with Gasteiger partial charge in [-0.3, -0.25) is 9.78 Å².